The molecule has 2 aromatic rings. The predicted octanol–water partition coefficient (Wildman–Crippen LogP) is 0.244. The van der Waals surface area contributed by atoms with E-state index in [1.165, 1.54) is 16.6 Å². The van der Waals surface area contributed by atoms with Crippen LogP contribution in [-0.2, 0) is 16.1 Å². The van der Waals surface area contributed by atoms with E-state index in [4.69, 9.17) is 10.5 Å². The molecule has 0 aliphatic rings. The summed E-state index contributed by atoms with van der Waals surface area (Å²) < 4.78 is 6.29. The third kappa shape index (κ3) is 6.98. The first kappa shape index (κ1) is 24.7. The number of aromatic amines is 1. The van der Waals surface area contributed by atoms with Crippen LogP contribution in [0.5, 0.6) is 0 Å². The minimum atomic E-state index is -0.714. The first-order chi connectivity index (χ1) is 15.2. The molecule has 5 N–H and O–H groups in total. The van der Waals surface area contributed by atoms with E-state index < -0.39 is 23.2 Å². The second kappa shape index (κ2) is 11.7. The van der Waals surface area contributed by atoms with Crippen LogP contribution >= 0.6 is 0 Å². The molecular weight excluding hydrogens is 416 g/mol. The number of hydrogen-bond acceptors (Lipinski definition) is 7. The van der Waals surface area contributed by atoms with Crippen molar-refractivity contribution in [1.29, 1.82) is 0 Å². The van der Waals surface area contributed by atoms with Gasteiger partial charge in [-0.2, -0.15) is 0 Å². The largest absolute Gasteiger partial charge is 0.385 e. The van der Waals surface area contributed by atoms with Crippen molar-refractivity contribution >= 4 is 23.4 Å². The molecule has 0 saturated heterocycles. The van der Waals surface area contributed by atoms with Crippen LogP contribution in [0, 0.1) is 0 Å². The highest BCUT2D eigenvalue weighted by Crippen LogP contribution is 2.18. The summed E-state index contributed by atoms with van der Waals surface area (Å²) in [6.07, 6.45) is 0.485. The van der Waals surface area contributed by atoms with Crippen molar-refractivity contribution in [3.05, 3.63) is 56.7 Å². The maximum atomic E-state index is 12.7. The maximum absolute atomic E-state index is 12.7. The van der Waals surface area contributed by atoms with Crippen molar-refractivity contribution in [2.45, 2.75) is 32.9 Å². The van der Waals surface area contributed by atoms with E-state index in [0.29, 0.717) is 13.0 Å². The molecule has 0 unspecified atom stereocenters. The van der Waals surface area contributed by atoms with Crippen molar-refractivity contribution in [1.82, 2.24) is 20.2 Å². The average Bonchev–Trinajstić information content (AvgIpc) is 2.71. The van der Waals surface area contributed by atoms with E-state index in [2.05, 4.69) is 15.6 Å². The standard InChI is InChI=1S/C21H30N6O5/c1-14(2)23-20(30)24-16(28)13-26(10-7-11-32-3)17-18(22)27(21(31)25-19(17)29)12-15-8-5-4-6-9-15/h4-6,8-9,14H,7,10-13,22H2,1-3H3,(H,25,29,31)(H2,23,24,28,30). The quantitative estimate of drug-likeness (QED) is 0.382. The third-order valence-corrected chi connectivity index (χ3v) is 4.50. The lowest BCUT2D eigenvalue weighted by molar-refractivity contribution is -0.118. The van der Waals surface area contributed by atoms with Gasteiger partial charge >= 0.3 is 11.7 Å². The fourth-order valence-electron chi connectivity index (χ4n) is 3.11. The van der Waals surface area contributed by atoms with E-state index in [-0.39, 0.29) is 37.2 Å². The van der Waals surface area contributed by atoms with Crippen LogP contribution in [0.15, 0.2) is 39.9 Å². The second-order valence-corrected chi connectivity index (χ2v) is 7.51. The molecule has 0 saturated carbocycles. The number of aromatic nitrogens is 2. The van der Waals surface area contributed by atoms with Gasteiger partial charge in [0.1, 0.15) is 11.5 Å². The highest BCUT2D eigenvalue weighted by molar-refractivity contribution is 5.96. The predicted molar refractivity (Wildman–Crippen MR) is 122 cm³/mol. The Labute approximate surface area is 185 Å². The fraction of sp³-hybridized carbons (Fsp3) is 0.429. The Balaban J connectivity index is 2.36. The Morgan fingerprint density at radius 3 is 2.53 bits per heavy atom. The van der Waals surface area contributed by atoms with Gasteiger partial charge in [0.15, 0.2) is 0 Å². The maximum Gasteiger partial charge on any atom is 0.330 e. The molecule has 0 radical (unpaired) electrons. The molecule has 0 aliphatic heterocycles. The summed E-state index contributed by atoms with van der Waals surface area (Å²) in [6.45, 7) is 3.97. The lowest BCUT2D eigenvalue weighted by Gasteiger charge is -2.25. The van der Waals surface area contributed by atoms with Crippen molar-refractivity contribution < 1.29 is 14.3 Å². The summed E-state index contributed by atoms with van der Waals surface area (Å²) in [4.78, 5) is 53.1. The lowest BCUT2D eigenvalue weighted by atomic mass is 10.2. The van der Waals surface area contributed by atoms with Gasteiger partial charge in [-0.05, 0) is 25.8 Å². The van der Waals surface area contributed by atoms with Crippen LogP contribution in [0.3, 0.4) is 0 Å². The van der Waals surface area contributed by atoms with Gasteiger partial charge in [-0.15, -0.1) is 0 Å². The molecular formula is C21H30N6O5. The number of nitrogen functional groups attached to an aromatic ring is 1. The molecule has 1 heterocycles. The molecule has 0 aliphatic carbocycles. The molecule has 32 heavy (non-hydrogen) atoms. The highest BCUT2D eigenvalue weighted by atomic mass is 16.5. The van der Waals surface area contributed by atoms with Gasteiger partial charge < -0.3 is 20.7 Å². The monoisotopic (exact) mass is 446 g/mol. The van der Waals surface area contributed by atoms with Crippen molar-refractivity contribution in [2.75, 3.05) is 37.4 Å². The fourth-order valence-corrected chi connectivity index (χ4v) is 3.11. The van der Waals surface area contributed by atoms with Gasteiger partial charge in [0, 0.05) is 26.3 Å². The SMILES string of the molecule is COCCCN(CC(=O)NC(=O)NC(C)C)c1c(N)n(Cc2ccccc2)c(=O)[nH]c1=O. The van der Waals surface area contributed by atoms with Crippen molar-refractivity contribution in [3.63, 3.8) is 0 Å². The van der Waals surface area contributed by atoms with E-state index in [0.717, 1.165) is 5.56 Å². The number of methoxy groups -OCH3 is 1. The Morgan fingerprint density at radius 2 is 1.91 bits per heavy atom. The molecule has 1 aromatic heterocycles. The molecule has 0 fully saturated rings. The summed E-state index contributed by atoms with van der Waals surface area (Å²) in [5.74, 6) is -0.695. The first-order valence-electron chi connectivity index (χ1n) is 10.2. The van der Waals surface area contributed by atoms with Gasteiger partial charge in [-0.25, -0.2) is 9.59 Å². The Hall–Kier alpha value is -3.60. The zero-order valence-corrected chi connectivity index (χ0v) is 18.5. The normalized spacial score (nSPS) is 10.8. The molecule has 1 aromatic carbocycles. The average molecular weight is 447 g/mol. The molecule has 11 heteroatoms. The van der Waals surface area contributed by atoms with Crippen LogP contribution in [0.25, 0.3) is 0 Å². The number of carbonyl (C=O) groups is 2. The number of nitrogens with two attached hydrogens (primary N) is 1. The second-order valence-electron chi connectivity index (χ2n) is 7.51. The molecule has 3 amide bonds. The van der Waals surface area contributed by atoms with Crippen LogP contribution in [0.1, 0.15) is 25.8 Å². The Bertz CT molecular complexity index is 1030. The summed E-state index contributed by atoms with van der Waals surface area (Å²) in [5.41, 5.74) is 5.67. The molecule has 0 bridgehead atoms. The summed E-state index contributed by atoms with van der Waals surface area (Å²) in [7, 11) is 1.54. The van der Waals surface area contributed by atoms with E-state index >= 15 is 0 Å². The number of carbonyl (C=O) groups excluding carboxylic acids is 2. The summed E-state index contributed by atoms with van der Waals surface area (Å²) >= 11 is 0. The number of nitrogens with zero attached hydrogens (tertiary/aromatic N) is 2. The van der Waals surface area contributed by atoms with Gasteiger partial charge in [0.25, 0.3) is 5.56 Å². The number of rotatable bonds is 10. The molecule has 174 valence electrons. The van der Waals surface area contributed by atoms with E-state index in [1.54, 1.807) is 13.8 Å². The lowest BCUT2D eigenvalue weighted by Crippen LogP contribution is -2.48. The topological polar surface area (TPSA) is 152 Å². The van der Waals surface area contributed by atoms with E-state index in [1.807, 2.05) is 30.3 Å². The number of amides is 3. The van der Waals surface area contributed by atoms with Crippen LogP contribution in [-0.4, -0.2) is 54.3 Å². The van der Waals surface area contributed by atoms with E-state index in [9.17, 15) is 19.2 Å². The summed E-state index contributed by atoms with van der Waals surface area (Å²) in [6, 6.07) is 8.36. The van der Waals surface area contributed by atoms with Crippen molar-refractivity contribution in [3.8, 4) is 0 Å². The molecule has 11 nitrogen and oxygen atoms in total. The number of anilines is 2. The van der Waals surface area contributed by atoms with Gasteiger partial charge in [0.2, 0.25) is 5.91 Å². The number of ether oxygens (including phenoxy) is 1. The smallest absolute Gasteiger partial charge is 0.330 e. The zero-order chi connectivity index (χ0) is 23.7. The van der Waals surface area contributed by atoms with Gasteiger partial charge in [0.05, 0.1) is 13.1 Å². The zero-order valence-electron chi connectivity index (χ0n) is 18.5. The number of H-pyrrole nitrogens is 1. The number of hydrogen-bond donors (Lipinski definition) is 4. The molecule has 0 spiro atoms. The number of urea groups is 1. The van der Waals surface area contributed by atoms with Crippen molar-refractivity contribution in [2.24, 2.45) is 0 Å². The number of nitrogens with one attached hydrogen (secondary N) is 3. The third-order valence-electron chi connectivity index (χ3n) is 4.50. The van der Waals surface area contributed by atoms with Gasteiger partial charge in [-0.3, -0.25) is 24.5 Å². The Kier molecular flexibility index (Phi) is 9.02. The number of benzene rings is 1. The van der Waals surface area contributed by atoms with Crippen LogP contribution in [0.4, 0.5) is 16.3 Å². The minimum Gasteiger partial charge on any atom is -0.385 e. The van der Waals surface area contributed by atoms with Gasteiger partial charge in [-0.1, -0.05) is 30.3 Å². The minimum absolute atomic E-state index is 0.0175. The summed E-state index contributed by atoms with van der Waals surface area (Å²) in [5, 5.41) is 4.78. The Morgan fingerprint density at radius 1 is 1.22 bits per heavy atom. The van der Waals surface area contributed by atoms with Crippen LogP contribution in [0.2, 0.25) is 0 Å². The molecule has 0 atom stereocenters. The highest BCUT2D eigenvalue weighted by Gasteiger charge is 2.22. The molecule has 2 rings (SSSR count). The first-order valence-corrected chi connectivity index (χ1v) is 10.2. The number of imide groups is 1. The van der Waals surface area contributed by atoms with Crippen LogP contribution < -0.4 is 32.5 Å².